The number of aliphatic imine (C=N–C) groups is 1. The largest absolute Gasteiger partial charge is 0.491 e. The van der Waals surface area contributed by atoms with Gasteiger partial charge in [-0.05, 0) is 44.9 Å². The summed E-state index contributed by atoms with van der Waals surface area (Å²) in [5.41, 5.74) is 1.35. The van der Waals surface area contributed by atoms with Gasteiger partial charge in [0.2, 0.25) is 0 Å². The Bertz CT molecular complexity index is 495. The van der Waals surface area contributed by atoms with Crippen molar-refractivity contribution in [2.45, 2.75) is 45.4 Å². The number of nitrogens with zero attached hydrogens (tertiary/aromatic N) is 2. The van der Waals surface area contributed by atoms with Crippen molar-refractivity contribution in [1.82, 2.24) is 10.2 Å². The summed E-state index contributed by atoms with van der Waals surface area (Å²) in [6.07, 6.45) is 1.31. The minimum atomic E-state index is 0.220. The lowest BCUT2D eigenvalue weighted by atomic mass is 10.0. The lowest BCUT2D eigenvalue weighted by molar-refractivity contribution is 0.242. The zero-order valence-corrected chi connectivity index (χ0v) is 12.5. The summed E-state index contributed by atoms with van der Waals surface area (Å²) in [7, 11) is 0. The maximum Gasteiger partial charge on any atom is 0.194 e. The van der Waals surface area contributed by atoms with Crippen LogP contribution in [0.15, 0.2) is 29.3 Å². The Balaban J connectivity index is 1.77. The van der Waals surface area contributed by atoms with Gasteiger partial charge in [0, 0.05) is 19.1 Å². The molecule has 1 aromatic rings. The second kappa shape index (κ2) is 5.35. The Hall–Kier alpha value is -1.71. The molecule has 0 spiro atoms. The molecule has 1 fully saturated rings. The molecule has 0 amide bonds. The number of ether oxygens (including phenoxy) is 1. The third-order valence-corrected chi connectivity index (χ3v) is 3.80. The van der Waals surface area contributed by atoms with Crippen LogP contribution in [0.25, 0.3) is 0 Å². The van der Waals surface area contributed by atoms with Crippen molar-refractivity contribution < 1.29 is 4.74 Å². The first-order valence-corrected chi connectivity index (χ1v) is 7.47. The Morgan fingerprint density at radius 3 is 2.75 bits per heavy atom. The summed E-state index contributed by atoms with van der Waals surface area (Å²) in [6.45, 7) is 8.25. The highest BCUT2D eigenvalue weighted by Crippen LogP contribution is 2.31. The molecule has 1 N–H and O–H groups in total. The molecule has 20 heavy (non-hydrogen) atoms. The van der Waals surface area contributed by atoms with Crippen LogP contribution in [0.3, 0.4) is 0 Å². The Labute approximate surface area is 120 Å². The average Bonchev–Trinajstić information content (AvgIpc) is 2.79. The molecule has 2 aliphatic rings. The van der Waals surface area contributed by atoms with Crippen LogP contribution in [-0.4, -0.2) is 36.1 Å². The van der Waals surface area contributed by atoms with Crippen molar-refractivity contribution in [3.63, 3.8) is 0 Å². The molecule has 4 heteroatoms. The predicted molar refractivity (Wildman–Crippen MR) is 81.2 cm³/mol. The number of benzene rings is 1. The molecule has 3 rings (SSSR count). The molecule has 2 aliphatic heterocycles. The smallest absolute Gasteiger partial charge is 0.194 e. The van der Waals surface area contributed by atoms with Gasteiger partial charge in [0.1, 0.15) is 5.75 Å². The minimum absolute atomic E-state index is 0.220. The number of hydrogen-bond acceptors (Lipinski definition) is 4. The number of nitrogens with one attached hydrogen (secondary N) is 1. The van der Waals surface area contributed by atoms with Gasteiger partial charge >= 0.3 is 0 Å². The van der Waals surface area contributed by atoms with E-state index in [0.29, 0.717) is 12.1 Å². The topological polar surface area (TPSA) is 36.9 Å². The molecule has 0 aromatic heterocycles. The molecule has 0 aliphatic carbocycles. The van der Waals surface area contributed by atoms with E-state index in [1.54, 1.807) is 0 Å². The van der Waals surface area contributed by atoms with Gasteiger partial charge < -0.3 is 15.0 Å². The summed E-state index contributed by atoms with van der Waals surface area (Å²) < 4.78 is 5.71. The van der Waals surface area contributed by atoms with Crippen molar-refractivity contribution in [2.24, 2.45) is 4.99 Å². The van der Waals surface area contributed by atoms with Crippen LogP contribution in [0.5, 0.6) is 5.75 Å². The van der Waals surface area contributed by atoms with Crippen LogP contribution in [0, 0.1) is 0 Å². The molecule has 2 unspecified atom stereocenters. The minimum Gasteiger partial charge on any atom is -0.491 e. The first kappa shape index (κ1) is 13.3. The van der Waals surface area contributed by atoms with Gasteiger partial charge in [-0.3, -0.25) is 4.99 Å². The Morgan fingerprint density at radius 1 is 1.30 bits per heavy atom. The van der Waals surface area contributed by atoms with Gasteiger partial charge in [-0.1, -0.05) is 12.1 Å². The molecule has 1 saturated heterocycles. The molecule has 2 atom stereocenters. The van der Waals surface area contributed by atoms with Crippen LogP contribution >= 0.6 is 0 Å². The summed E-state index contributed by atoms with van der Waals surface area (Å²) in [5.74, 6) is 2.01. The molecule has 108 valence electrons. The maximum atomic E-state index is 5.71. The van der Waals surface area contributed by atoms with E-state index in [2.05, 4.69) is 60.2 Å². The predicted octanol–water partition coefficient (Wildman–Crippen LogP) is 2.57. The van der Waals surface area contributed by atoms with E-state index in [0.717, 1.165) is 31.2 Å². The molecule has 0 radical (unpaired) electrons. The van der Waals surface area contributed by atoms with Crippen molar-refractivity contribution in [3.05, 3.63) is 29.8 Å². The number of fused-ring (bicyclic) bond motifs is 1. The van der Waals surface area contributed by atoms with Gasteiger partial charge in [-0.2, -0.15) is 0 Å². The van der Waals surface area contributed by atoms with Crippen molar-refractivity contribution in [2.75, 3.05) is 13.1 Å². The van der Waals surface area contributed by atoms with Gasteiger partial charge in [0.05, 0.1) is 12.1 Å². The molecule has 0 bridgehead atoms. The highest BCUT2D eigenvalue weighted by Gasteiger charge is 2.33. The Morgan fingerprint density at radius 2 is 2.05 bits per heavy atom. The molecule has 1 aromatic carbocycles. The van der Waals surface area contributed by atoms with E-state index in [9.17, 15) is 0 Å². The fourth-order valence-electron chi connectivity index (χ4n) is 2.98. The highest BCUT2D eigenvalue weighted by molar-refractivity contribution is 5.83. The SMILES string of the molecule is CC1CN2C(=NCCC2c2ccc(OC(C)C)cc2)N1. The van der Waals surface area contributed by atoms with Gasteiger partial charge in [-0.15, -0.1) is 0 Å². The fourth-order valence-corrected chi connectivity index (χ4v) is 2.98. The number of rotatable bonds is 3. The number of hydrogen-bond donors (Lipinski definition) is 1. The molecule has 2 heterocycles. The zero-order valence-electron chi connectivity index (χ0n) is 12.5. The number of guanidine groups is 1. The Kier molecular flexibility index (Phi) is 3.55. The second-order valence-corrected chi connectivity index (χ2v) is 5.94. The van der Waals surface area contributed by atoms with Gasteiger partial charge in [-0.25, -0.2) is 0 Å². The lowest BCUT2D eigenvalue weighted by Gasteiger charge is -2.32. The van der Waals surface area contributed by atoms with E-state index >= 15 is 0 Å². The van der Waals surface area contributed by atoms with Gasteiger partial charge in [0.15, 0.2) is 5.96 Å². The summed E-state index contributed by atoms with van der Waals surface area (Å²) >= 11 is 0. The standard InChI is InChI=1S/C16H23N3O/c1-11(2)20-14-6-4-13(5-7-14)15-8-9-17-16-18-12(3)10-19(15)16/h4-7,11-12,15H,8-10H2,1-3H3,(H,17,18). The second-order valence-electron chi connectivity index (χ2n) is 5.94. The van der Waals surface area contributed by atoms with Crippen LogP contribution in [0.2, 0.25) is 0 Å². The average molecular weight is 273 g/mol. The third-order valence-electron chi connectivity index (χ3n) is 3.80. The quantitative estimate of drug-likeness (QED) is 0.919. The van der Waals surface area contributed by atoms with Crippen LogP contribution in [-0.2, 0) is 0 Å². The first-order valence-electron chi connectivity index (χ1n) is 7.47. The fraction of sp³-hybridized carbons (Fsp3) is 0.562. The van der Waals surface area contributed by atoms with Crippen LogP contribution in [0.1, 0.15) is 38.8 Å². The molecular weight excluding hydrogens is 250 g/mol. The molecule has 4 nitrogen and oxygen atoms in total. The summed E-state index contributed by atoms with van der Waals surface area (Å²) in [5, 5.41) is 3.44. The molecule has 0 saturated carbocycles. The highest BCUT2D eigenvalue weighted by atomic mass is 16.5. The summed E-state index contributed by atoms with van der Waals surface area (Å²) in [4.78, 5) is 6.98. The third kappa shape index (κ3) is 2.60. The van der Waals surface area contributed by atoms with Crippen molar-refractivity contribution >= 4 is 5.96 Å². The van der Waals surface area contributed by atoms with E-state index in [4.69, 9.17) is 4.74 Å². The molecular formula is C16H23N3O. The monoisotopic (exact) mass is 273 g/mol. The van der Waals surface area contributed by atoms with Crippen LogP contribution in [0.4, 0.5) is 0 Å². The van der Waals surface area contributed by atoms with E-state index in [1.165, 1.54) is 5.56 Å². The maximum absolute atomic E-state index is 5.71. The first-order chi connectivity index (χ1) is 9.63. The van der Waals surface area contributed by atoms with E-state index < -0.39 is 0 Å². The normalized spacial score (nSPS) is 25.2. The van der Waals surface area contributed by atoms with Crippen LogP contribution < -0.4 is 10.1 Å². The van der Waals surface area contributed by atoms with E-state index in [-0.39, 0.29) is 6.10 Å². The lowest BCUT2D eigenvalue weighted by Crippen LogP contribution is -2.37. The summed E-state index contributed by atoms with van der Waals surface area (Å²) in [6, 6.07) is 9.45. The van der Waals surface area contributed by atoms with Crippen molar-refractivity contribution in [3.8, 4) is 5.75 Å². The van der Waals surface area contributed by atoms with Crippen molar-refractivity contribution in [1.29, 1.82) is 0 Å². The zero-order chi connectivity index (χ0) is 14.1. The van der Waals surface area contributed by atoms with E-state index in [1.807, 2.05) is 0 Å². The van der Waals surface area contributed by atoms with Gasteiger partial charge in [0.25, 0.3) is 0 Å².